The van der Waals surface area contributed by atoms with Gasteiger partial charge in [0.1, 0.15) is 11.6 Å². The van der Waals surface area contributed by atoms with Crippen molar-refractivity contribution in [3.8, 4) is 0 Å². The number of urea groups is 1. The molecular formula is C17H25F2N3O2. The Balaban J connectivity index is 1.88. The van der Waals surface area contributed by atoms with Gasteiger partial charge >= 0.3 is 6.03 Å². The number of hydrogen-bond donors (Lipinski definition) is 3. The van der Waals surface area contributed by atoms with Gasteiger partial charge in [-0.15, -0.1) is 0 Å². The molecule has 1 fully saturated rings. The van der Waals surface area contributed by atoms with E-state index in [1.807, 2.05) is 13.8 Å². The zero-order valence-corrected chi connectivity index (χ0v) is 14.1. The first-order valence-electron chi connectivity index (χ1n) is 8.28. The molecule has 1 aromatic carbocycles. The second-order valence-corrected chi connectivity index (χ2v) is 6.51. The molecule has 0 saturated carbocycles. The fourth-order valence-corrected chi connectivity index (χ4v) is 2.94. The van der Waals surface area contributed by atoms with E-state index >= 15 is 0 Å². The Labute approximate surface area is 141 Å². The van der Waals surface area contributed by atoms with Crippen LogP contribution in [0.3, 0.4) is 0 Å². The van der Waals surface area contributed by atoms with E-state index in [2.05, 4.69) is 10.6 Å². The van der Waals surface area contributed by atoms with Crippen LogP contribution in [0.25, 0.3) is 0 Å². The lowest BCUT2D eigenvalue weighted by Crippen LogP contribution is -2.48. The topological polar surface area (TPSA) is 64.6 Å². The van der Waals surface area contributed by atoms with Crippen LogP contribution in [0.5, 0.6) is 0 Å². The summed E-state index contributed by atoms with van der Waals surface area (Å²) >= 11 is 0. The quantitative estimate of drug-likeness (QED) is 0.744. The van der Waals surface area contributed by atoms with Crippen molar-refractivity contribution < 1.29 is 18.7 Å². The third kappa shape index (κ3) is 4.80. The maximum Gasteiger partial charge on any atom is 0.315 e. The van der Waals surface area contributed by atoms with Gasteiger partial charge in [-0.3, -0.25) is 0 Å². The molecule has 2 rings (SSSR count). The predicted molar refractivity (Wildman–Crippen MR) is 89.0 cm³/mol. The van der Waals surface area contributed by atoms with Crippen molar-refractivity contribution >= 4 is 11.7 Å². The molecule has 134 valence electrons. The van der Waals surface area contributed by atoms with E-state index in [9.17, 15) is 13.6 Å². The highest BCUT2D eigenvalue weighted by Crippen LogP contribution is 2.24. The number of nitrogens with one attached hydrogen (secondary N) is 2. The average molecular weight is 341 g/mol. The van der Waals surface area contributed by atoms with E-state index < -0.39 is 11.6 Å². The molecule has 0 spiro atoms. The third-order valence-electron chi connectivity index (χ3n) is 4.34. The highest BCUT2D eigenvalue weighted by Gasteiger charge is 2.26. The minimum Gasteiger partial charge on any atom is -0.396 e. The Kier molecular flexibility index (Phi) is 6.36. The van der Waals surface area contributed by atoms with Crippen LogP contribution in [-0.2, 0) is 0 Å². The summed E-state index contributed by atoms with van der Waals surface area (Å²) in [4.78, 5) is 13.9. The second kappa shape index (κ2) is 8.28. The number of aliphatic hydroxyl groups is 1. The first-order valence-corrected chi connectivity index (χ1v) is 8.28. The lowest BCUT2D eigenvalue weighted by atomic mass is 10.0. The highest BCUT2D eigenvalue weighted by molar-refractivity contribution is 5.74. The molecule has 0 aliphatic carbocycles. The predicted octanol–water partition coefficient (Wildman–Crippen LogP) is 2.25. The zero-order valence-electron chi connectivity index (χ0n) is 14.1. The van der Waals surface area contributed by atoms with Crippen molar-refractivity contribution in [1.29, 1.82) is 0 Å². The van der Waals surface area contributed by atoms with Crippen molar-refractivity contribution in [3.63, 3.8) is 0 Å². The summed E-state index contributed by atoms with van der Waals surface area (Å²) in [7, 11) is 0. The van der Waals surface area contributed by atoms with Gasteiger partial charge < -0.3 is 20.6 Å². The van der Waals surface area contributed by atoms with Crippen molar-refractivity contribution in [1.82, 2.24) is 10.6 Å². The van der Waals surface area contributed by atoms with Gasteiger partial charge in [-0.2, -0.15) is 0 Å². The molecular weight excluding hydrogens is 316 g/mol. The normalized spacial score (nSPS) is 18.8. The van der Waals surface area contributed by atoms with E-state index in [-0.39, 0.29) is 30.6 Å². The minimum absolute atomic E-state index is 0.0180. The summed E-state index contributed by atoms with van der Waals surface area (Å²) in [6.45, 7) is 5.05. The van der Waals surface area contributed by atoms with Crippen LogP contribution >= 0.6 is 0 Å². The SMILES string of the molecule is CC(C)C(CCO)NC(=O)NC1CCN(c2ccc(F)cc2F)C1. The number of amides is 2. The molecule has 24 heavy (non-hydrogen) atoms. The van der Waals surface area contributed by atoms with Crippen LogP contribution in [0.1, 0.15) is 26.7 Å². The standard InChI is InChI=1S/C17H25F2N3O2/c1-11(2)15(6-8-23)21-17(24)20-13-5-7-22(10-13)16-4-3-12(18)9-14(16)19/h3-4,9,11,13,15,23H,5-8,10H2,1-2H3,(H2,20,21,24). The summed E-state index contributed by atoms with van der Waals surface area (Å²) in [6, 6.07) is 3.04. The fourth-order valence-electron chi connectivity index (χ4n) is 2.94. The molecule has 7 heteroatoms. The fraction of sp³-hybridized carbons (Fsp3) is 0.588. The molecule has 3 N–H and O–H groups in total. The van der Waals surface area contributed by atoms with Crippen LogP contribution in [0.2, 0.25) is 0 Å². The Morgan fingerprint density at radius 1 is 1.42 bits per heavy atom. The molecule has 1 heterocycles. The molecule has 0 radical (unpaired) electrons. The number of rotatable bonds is 6. The number of hydrogen-bond acceptors (Lipinski definition) is 3. The number of benzene rings is 1. The van der Waals surface area contributed by atoms with Crippen LogP contribution < -0.4 is 15.5 Å². The smallest absolute Gasteiger partial charge is 0.315 e. The van der Waals surface area contributed by atoms with Gasteiger partial charge in [0, 0.05) is 37.8 Å². The summed E-state index contributed by atoms with van der Waals surface area (Å²) in [5, 5.41) is 14.8. The van der Waals surface area contributed by atoms with Gasteiger partial charge in [0.25, 0.3) is 0 Å². The first kappa shape index (κ1) is 18.4. The molecule has 1 aliphatic heterocycles. The zero-order chi connectivity index (χ0) is 17.7. The van der Waals surface area contributed by atoms with E-state index in [1.165, 1.54) is 12.1 Å². The van der Waals surface area contributed by atoms with E-state index in [0.29, 0.717) is 31.6 Å². The third-order valence-corrected chi connectivity index (χ3v) is 4.34. The highest BCUT2D eigenvalue weighted by atomic mass is 19.1. The number of nitrogens with zero attached hydrogens (tertiary/aromatic N) is 1. The Hall–Kier alpha value is -1.89. The van der Waals surface area contributed by atoms with Crippen LogP contribution in [-0.4, -0.2) is 42.9 Å². The van der Waals surface area contributed by atoms with E-state index in [0.717, 1.165) is 6.07 Å². The van der Waals surface area contributed by atoms with Crippen LogP contribution in [0.4, 0.5) is 19.3 Å². The molecule has 2 amide bonds. The van der Waals surface area contributed by atoms with Gasteiger partial charge in [0.15, 0.2) is 0 Å². The summed E-state index contributed by atoms with van der Waals surface area (Å²) < 4.78 is 26.8. The summed E-state index contributed by atoms with van der Waals surface area (Å²) in [5.41, 5.74) is 0.349. The number of halogens is 2. The van der Waals surface area contributed by atoms with E-state index in [4.69, 9.17) is 5.11 Å². The lowest BCUT2D eigenvalue weighted by Gasteiger charge is -2.23. The lowest BCUT2D eigenvalue weighted by molar-refractivity contribution is 0.216. The molecule has 1 aliphatic rings. The molecule has 1 saturated heterocycles. The van der Waals surface area contributed by atoms with Crippen molar-refractivity contribution in [2.24, 2.45) is 5.92 Å². The van der Waals surface area contributed by atoms with Gasteiger partial charge in [-0.1, -0.05) is 13.8 Å². The largest absolute Gasteiger partial charge is 0.396 e. The average Bonchev–Trinajstić information content (AvgIpc) is 2.94. The number of anilines is 1. The molecule has 0 aromatic heterocycles. The maximum atomic E-state index is 13.8. The number of carbonyl (C=O) groups is 1. The van der Waals surface area contributed by atoms with Gasteiger partial charge in [-0.25, -0.2) is 13.6 Å². The number of carbonyl (C=O) groups excluding carboxylic acids is 1. The Morgan fingerprint density at radius 2 is 2.17 bits per heavy atom. The molecule has 2 unspecified atom stereocenters. The molecule has 1 aromatic rings. The van der Waals surface area contributed by atoms with E-state index in [1.54, 1.807) is 4.90 Å². The Morgan fingerprint density at radius 3 is 2.79 bits per heavy atom. The second-order valence-electron chi connectivity index (χ2n) is 6.51. The minimum atomic E-state index is -0.604. The maximum absolute atomic E-state index is 13.8. The summed E-state index contributed by atoms with van der Waals surface area (Å²) in [6.07, 6.45) is 1.19. The van der Waals surface area contributed by atoms with Gasteiger partial charge in [-0.05, 0) is 30.9 Å². The first-order chi connectivity index (χ1) is 11.4. The van der Waals surface area contributed by atoms with Crippen molar-refractivity contribution in [2.45, 2.75) is 38.8 Å². The molecule has 2 atom stereocenters. The van der Waals surface area contributed by atoms with Gasteiger partial charge in [0.05, 0.1) is 5.69 Å². The Bertz CT molecular complexity index is 569. The molecule has 0 bridgehead atoms. The molecule has 5 nitrogen and oxygen atoms in total. The van der Waals surface area contributed by atoms with Gasteiger partial charge in [0.2, 0.25) is 0 Å². The summed E-state index contributed by atoms with van der Waals surface area (Å²) in [5.74, 6) is -0.979. The number of aliphatic hydroxyl groups excluding tert-OH is 1. The van der Waals surface area contributed by atoms with Crippen LogP contribution in [0.15, 0.2) is 18.2 Å². The van der Waals surface area contributed by atoms with Crippen molar-refractivity contribution in [3.05, 3.63) is 29.8 Å². The monoisotopic (exact) mass is 341 g/mol. The van der Waals surface area contributed by atoms with Crippen LogP contribution in [0, 0.1) is 17.6 Å². The van der Waals surface area contributed by atoms with Crippen molar-refractivity contribution in [2.75, 3.05) is 24.6 Å².